The Bertz CT molecular complexity index is 638. The van der Waals surface area contributed by atoms with Crippen molar-refractivity contribution < 1.29 is 9.53 Å². The van der Waals surface area contributed by atoms with Crippen molar-refractivity contribution in [3.05, 3.63) is 65.2 Å². The number of nitrogens with one attached hydrogen (secondary N) is 1. The molecule has 24 heavy (non-hydrogen) atoms. The summed E-state index contributed by atoms with van der Waals surface area (Å²) in [6, 6.07) is 16.3. The number of ether oxygens (including phenoxy) is 1. The van der Waals surface area contributed by atoms with Gasteiger partial charge >= 0.3 is 0 Å². The number of hydrogen-bond acceptors (Lipinski definition) is 3. The van der Waals surface area contributed by atoms with Crippen LogP contribution in [-0.4, -0.2) is 24.3 Å². The van der Waals surface area contributed by atoms with Gasteiger partial charge in [-0.1, -0.05) is 47.5 Å². The van der Waals surface area contributed by atoms with Crippen LogP contribution in [0.15, 0.2) is 48.5 Å². The van der Waals surface area contributed by atoms with Crippen LogP contribution in [0.2, 0.25) is 0 Å². The SMILES string of the molecule is Cc1ccc(CSCC(=O)N[C@H](C)COc2ccc(C)cc2)cc1. The number of rotatable bonds is 8. The summed E-state index contributed by atoms with van der Waals surface area (Å²) in [6.07, 6.45) is 0. The van der Waals surface area contributed by atoms with Gasteiger partial charge in [0.05, 0.1) is 11.8 Å². The predicted octanol–water partition coefficient (Wildman–Crippen LogP) is 4.12. The number of hydrogen-bond donors (Lipinski definition) is 1. The minimum atomic E-state index is -0.0150. The molecule has 2 aromatic rings. The Hall–Kier alpha value is -1.94. The maximum atomic E-state index is 12.0. The second kappa shape index (κ2) is 9.38. The number of thioether (sulfide) groups is 1. The maximum Gasteiger partial charge on any atom is 0.230 e. The zero-order valence-electron chi connectivity index (χ0n) is 14.5. The number of carbonyl (C=O) groups is 1. The maximum absolute atomic E-state index is 12.0. The van der Waals surface area contributed by atoms with E-state index in [4.69, 9.17) is 4.74 Å². The molecule has 0 bridgehead atoms. The van der Waals surface area contributed by atoms with Crippen LogP contribution in [0, 0.1) is 13.8 Å². The largest absolute Gasteiger partial charge is 0.491 e. The van der Waals surface area contributed by atoms with Crippen molar-refractivity contribution in [2.45, 2.75) is 32.6 Å². The van der Waals surface area contributed by atoms with Crippen LogP contribution in [0.5, 0.6) is 5.75 Å². The Morgan fingerprint density at radius 3 is 2.25 bits per heavy atom. The second-order valence-electron chi connectivity index (χ2n) is 6.07. The van der Waals surface area contributed by atoms with E-state index in [0.717, 1.165) is 11.5 Å². The Morgan fingerprint density at radius 1 is 1.04 bits per heavy atom. The molecule has 0 saturated heterocycles. The molecule has 1 atom stereocenters. The summed E-state index contributed by atoms with van der Waals surface area (Å²) < 4.78 is 5.69. The summed E-state index contributed by atoms with van der Waals surface area (Å²) in [5.41, 5.74) is 3.70. The first kappa shape index (κ1) is 18.4. The normalized spacial score (nSPS) is 11.8. The Kier molecular flexibility index (Phi) is 7.19. The molecular formula is C20H25NO2S. The van der Waals surface area contributed by atoms with Gasteiger partial charge in [0.25, 0.3) is 0 Å². The van der Waals surface area contributed by atoms with Crippen LogP contribution in [-0.2, 0) is 10.5 Å². The molecule has 0 aliphatic heterocycles. The van der Waals surface area contributed by atoms with Gasteiger partial charge in [0.15, 0.2) is 0 Å². The summed E-state index contributed by atoms with van der Waals surface area (Å²) in [5.74, 6) is 2.19. The third-order valence-corrected chi connectivity index (χ3v) is 4.55. The first-order chi connectivity index (χ1) is 11.5. The average molecular weight is 343 g/mol. The van der Waals surface area contributed by atoms with Gasteiger partial charge in [-0.05, 0) is 38.5 Å². The smallest absolute Gasteiger partial charge is 0.230 e. The van der Waals surface area contributed by atoms with E-state index in [2.05, 4.69) is 36.5 Å². The van der Waals surface area contributed by atoms with Gasteiger partial charge in [0.1, 0.15) is 12.4 Å². The van der Waals surface area contributed by atoms with Crippen molar-refractivity contribution in [3.8, 4) is 5.75 Å². The topological polar surface area (TPSA) is 38.3 Å². The molecule has 0 aromatic heterocycles. The van der Waals surface area contributed by atoms with Crippen molar-refractivity contribution in [3.63, 3.8) is 0 Å². The van der Waals surface area contributed by atoms with Crippen molar-refractivity contribution in [2.24, 2.45) is 0 Å². The average Bonchev–Trinajstić information content (AvgIpc) is 2.56. The van der Waals surface area contributed by atoms with Gasteiger partial charge in [0, 0.05) is 5.75 Å². The van der Waals surface area contributed by atoms with Gasteiger partial charge in [-0.25, -0.2) is 0 Å². The quantitative estimate of drug-likeness (QED) is 0.783. The van der Waals surface area contributed by atoms with Crippen LogP contribution in [0.25, 0.3) is 0 Å². The zero-order chi connectivity index (χ0) is 17.4. The Morgan fingerprint density at radius 2 is 1.62 bits per heavy atom. The first-order valence-corrected chi connectivity index (χ1v) is 9.30. The van der Waals surface area contributed by atoms with Crippen molar-refractivity contribution >= 4 is 17.7 Å². The Labute approximate surface area is 148 Å². The molecule has 2 rings (SSSR count). The lowest BCUT2D eigenvalue weighted by atomic mass is 10.2. The highest BCUT2D eigenvalue weighted by Gasteiger charge is 2.08. The van der Waals surface area contributed by atoms with Gasteiger partial charge in [-0.3, -0.25) is 4.79 Å². The number of amides is 1. The fourth-order valence-corrected chi connectivity index (χ4v) is 2.96. The van der Waals surface area contributed by atoms with E-state index in [1.54, 1.807) is 11.8 Å². The highest BCUT2D eigenvalue weighted by molar-refractivity contribution is 7.99. The molecule has 3 nitrogen and oxygen atoms in total. The molecule has 0 unspecified atom stereocenters. The molecule has 2 aromatic carbocycles. The number of carbonyl (C=O) groups excluding carboxylic acids is 1. The zero-order valence-corrected chi connectivity index (χ0v) is 15.4. The van der Waals surface area contributed by atoms with E-state index < -0.39 is 0 Å². The van der Waals surface area contributed by atoms with Gasteiger partial charge in [0.2, 0.25) is 5.91 Å². The molecular weight excluding hydrogens is 318 g/mol. The molecule has 1 amide bonds. The molecule has 0 aliphatic rings. The molecule has 0 heterocycles. The third-order valence-electron chi connectivity index (χ3n) is 3.55. The van der Waals surface area contributed by atoms with E-state index >= 15 is 0 Å². The molecule has 1 N–H and O–H groups in total. The minimum absolute atomic E-state index is 0.0150. The van der Waals surface area contributed by atoms with Crippen molar-refractivity contribution in [1.82, 2.24) is 5.32 Å². The van der Waals surface area contributed by atoms with Gasteiger partial charge in [-0.15, -0.1) is 11.8 Å². The minimum Gasteiger partial charge on any atom is -0.491 e. The van der Waals surface area contributed by atoms with E-state index in [9.17, 15) is 4.79 Å². The molecule has 128 valence electrons. The highest BCUT2D eigenvalue weighted by atomic mass is 32.2. The van der Waals surface area contributed by atoms with E-state index in [1.165, 1.54) is 16.7 Å². The van der Waals surface area contributed by atoms with Crippen LogP contribution >= 0.6 is 11.8 Å². The van der Waals surface area contributed by atoms with Crippen LogP contribution in [0.1, 0.15) is 23.6 Å². The lowest BCUT2D eigenvalue weighted by molar-refractivity contribution is -0.119. The summed E-state index contributed by atoms with van der Waals surface area (Å²) in [5, 5.41) is 2.97. The molecule has 0 aliphatic carbocycles. The number of aryl methyl sites for hydroxylation is 2. The van der Waals surface area contributed by atoms with E-state index in [1.807, 2.05) is 38.1 Å². The molecule has 0 spiro atoms. The van der Waals surface area contributed by atoms with Crippen molar-refractivity contribution in [2.75, 3.05) is 12.4 Å². The first-order valence-electron chi connectivity index (χ1n) is 8.15. The standard InChI is InChI=1S/C20H25NO2S/c1-15-4-8-18(9-5-15)13-24-14-20(22)21-17(3)12-23-19-10-6-16(2)7-11-19/h4-11,17H,12-14H2,1-3H3,(H,21,22)/t17-/m1/s1. The van der Waals surface area contributed by atoms with E-state index in [0.29, 0.717) is 12.4 Å². The van der Waals surface area contributed by atoms with Crippen LogP contribution in [0.3, 0.4) is 0 Å². The van der Waals surface area contributed by atoms with E-state index in [-0.39, 0.29) is 11.9 Å². The predicted molar refractivity (Wildman–Crippen MR) is 102 cm³/mol. The third kappa shape index (κ3) is 6.67. The molecule has 4 heteroatoms. The lowest BCUT2D eigenvalue weighted by Gasteiger charge is -2.15. The molecule has 0 radical (unpaired) electrons. The Balaban J connectivity index is 1.64. The summed E-state index contributed by atoms with van der Waals surface area (Å²) in [7, 11) is 0. The summed E-state index contributed by atoms with van der Waals surface area (Å²) >= 11 is 1.63. The van der Waals surface area contributed by atoms with Crippen LogP contribution in [0.4, 0.5) is 0 Å². The van der Waals surface area contributed by atoms with Crippen LogP contribution < -0.4 is 10.1 Å². The van der Waals surface area contributed by atoms with Gasteiger partial charge < -0.3 is 10.1 Å². The monoisotopic (exact) mass is 343 g/mol. The molecule has 0 saturated carbocycles. The number of benzene rings is 2. The fourth-order valence-electron chi connectivity index (χ4n) is 2.16. The van der Waals surface area contributed by atoms with Gasteiger partial charge in [-0.2, -0.15) is 0 Å². The highest BCUT2D eigenvalue weighted by Crippen LogP contribution is 2.13. The fraction of sp³-hybridized carbons (Fsp3) is 0.350. The summed E-state index contributed by atoms with van der Waals surface area (Å²) in [4.78, 5) is 12.0. The summed E-state index contributed by atoms with van der Waals surface area (Å²) in [6.45, 7) is 6.54. The van der Waals surface area contributed by atoms with Crippen molar-refractivity contribution in [1.29, 1.82) is 0 Å². The lowest BCUT2D eigenvalue weighted by Crippen LogP contribution is -2.37. The second-order valence-corrected chi connectivity index (χ2v) is 7.06. The molecule has 0 fully saturated rings.